The molecular weight excluding hydrogens is 373 g/mol. The van der Waals surface area contributed by atoms with Crippen molar-refractivity contribution in [2.24, 2.45) is 0 Å². The van der Waals surface area contributed by atoms with E-state index in [-0.39, 0.29) is 11.4 Å². The summed E-state index contributed by atoms with van der Waals surface area (Å²) in [6, 6.07) is 12.5. The Balaban J connectivity index is 1.71. The van der Waals surface area contributed by atoms with Crippen LogP contribution in [0.3, 0.4) is 0 Å². The topological polar surface area (TPSA) is 32.3 Å². The number of halogens is 3. The largest absolute Gasteiger partial charge is 0.416 e. The summed E-state index contributed by atoms with van der Waals surface area (Å²) in [4.78, 5) is 14.3. The third kappa shape index (κ3) is 4.58. The van der Waals surface area contributed by atoms with E-state index in [2.05, 4.69) is 19.2 Å². The van der Waals surface area contributed by atoms with E-state index in [4.69, 9.17) is 0 Å². The lowest BCUT2D eigenvalue weighted by Gasteiger charge is -2.25. The molecule has 1 heterocycles. The zero-order valence-corrected chi connectivity index (χ0v) is 15.9. The SMILES string of the molecule is CC(C)c1ccc(NC(=O)N2CCSC2c2ccc(C(F)(F)F)cc2)cc1. The third-order valence-corrected chi connectivity index (χ3v) is 5.76. The third-order valence-electron chi connectivity index (χ3n) is 4.50. The number of hydrogen-bond acceptors (Lipinski definition) is 2. The normalized spacial score (nSPS) is 17.4. The van der Waals surface area contributed by atoms with E-state index in [1.54, 1.807) is 16.7 Å². The average molecular weight is 394 g/mol. The van der Waals surface area contributed by atoms with Crippen molar-refractivity contribution in [2.75, 3.05) is 17.6 Å². The van der Waals surface area contributed by atoms with Gasteiger partial charge in [0, 0.05) is 18.0 Å². The summed E-state index contributed by atoms with van der Waals surface area (Å²) in [5.41, 5.74) is 1.89. The summed E-state index contributed by atoms with van der Waals surface area (Å²) in [6.45, 7) is 4.75. The first-order valence-corrected chi connectivity index (χ1v) is 9.77. The van der Waals surface area contributed by atoms with Gasteiger partial charge in [-0.1, -0.05) is 38.1 Å². The monoisotopic (exact) mass is 394 g/mol. The first kappa shape index (κ1) is 19.6. The highest BCUT2D eigenvalue weighted by molar-refractivity contribution is 7.99. The van der Waals surface area contributed by atoms with Gasteiger partial charge in [-0.15, -0.1) is 11.8 Å². The van der Waals surface area contributed by atoms with Crippen LogP contribution in [0.1, 0.15) is 41.8 Å². The lowest BCUT2D eigenvalue weighted by atomic mass is 10.0. The Bertz CT molecular complexity index is 788. The van der Waals surface area contributed by atoms with E-state index in [9.17, 15) is 18.0 Å². The Morgan fingerprint density at radius 3 is 2.30 bits per heavy atom. The molecule has 0 aromatic heterocycles. The summed E-state index contributed by atoms with van der Waals surface area (Å²) in [5.74, 6) is 1.15. The van der Waals surface area contributed by atoms with Gasteiger partial charge in [-0.2, -0.15) is 13.2 Å². The second-order valence-electron chi connectivity index (χ2n) is 6.74. The van der Waals surface area contributed by atoms with Gasteiger partial charge in [0.15, 0.2) is 0 Å². The molecule has 1 N–H and O–H groups in total. The second-order valence-corrected chi connectivity index (χ2v) is 7.93. The fraction of sp³-hybridized carbons (Fsp3) is 0.350. The first-order chi connectivity index (χ1) is 12.8. The molecule has 0 bridgehead atoms. The Morgan fingerprint density at radius 1 is 1.11 bits per heavy atom. The number of nitrogens with one attached hydrogen (secondary N) is 1. The average Bonchev–Trinajstić information content (AvgIpc) is 3.11. The molecule has 3 nitrogen and oxygen atoms in total. The van der Waals surface area contributed by atoms with Crippen LogP contribution >= 0.6 is 11.8 Å². The van der Waals surface area contributed by atoms with E-state index in [0.717, 1.165) is 17.9 Å². The Hall–Kier alpha value is -2.15. The van der Waals surface area contributed by atoms with Gasteiger partial charge >= 0.3 is 12.2 Å². The predicted molar refractivity (Wildman–Crippen MR) is 103 cm³/mol. The lowest BCUT2D eigenvalue weighted by molar-refractivity contribution is -0.137. The molecule has 1 aliphatic rings. The van der Waals surface area contributed by atoms with Crippen LogP contribution in [0.4, 0.5) is 23.7 Å². The molecule has 0 spiro atoms. The van der Waals surface area contributed by atoms with E-state index < -0.39 is 11.7 Å². The summed E-state index contributed by atoms with van der Waals surface area (Å²) >= 11 is 1.55. The number of urea groups is 1. The number of benzene rings is 2. The van der Waals surface area contributed by atoms with E-state index in [0.29, 0.717) is 23.7 Å². The number of carbonyl (C=O) groups is 1. The van der Waals surface area contributed by atoms with Gasteiger partial charge < -0.3 is 10.2 Å². The minimum absolute atomic E-state index is 0.248. The molecule has 1 saturated heterocycles. The summed E-state index contributed by atoms with van der Waals surface area (Å²) in [7, 11) is 0. The number of anilines is 1. The molecule has 27 heavy (non-hydrogen) atoms. The van der Waals surface area contributed by atoms with Gasteiger partial charge in [0.2, 0.25) is 0 Å². The summed E-state index contributed by atoms with van der Waals surface area (Å²) < 4.78 is 38.2. The summed E-state index contributed by atoms with van der Waals surface area (Å²) in [6.07, 6.45) is -4.36. The molecule has 3 rings (SSSR count). The van der Waals surface area contributed by atoms with Crippen LogP contribution in [-0.2, 0) is 6.18 Å². The number of hydrogen-bond donors (Lipinski definition) is 1. The molecule has 0 radical (unpaired) electrons. The van der Waals surface area contributed by atoms with Crippen molar-refractivity contribution in [3.63, 3.8) is 0 Å². The van der Waals surface area contributed by atoms with E-state index in [1.165, 1.54) is 17.7 Å². The molecule has 1 unspecified atom stereocenters. The minimum Gasteiger partial charge on any atom is -0.308 e. The molecule has 1 fully saturated rings. The Labute approximate surface area is 160 Å². The number of rotatable bonds is 3. The van der Waals surface area contributed by atoms with Crippen molar-refractivity contribution in [3.8, 4) is 0 Å². The minimum atomic E-state index is -4.36. The molecule has 2 aromatic rings. The maximum Gasteiger partial charge on any atom is 0.416 e. The fourth-order valence-corrected chi connectivity index (χ4v) is 4.19. The molecule has 144 valence electrons. The van der Waals surface area contributed by atoms with Crippen molar-refractivity contribution in [2.45, 2.75) is 31.3 Å². The van der Waals surface area contributed by atoms with Crippen molar-refractivity contribution in [3.05, 3.63) is 65.2 Å². The van der Waals surface area contributed by atoms with Crippen LogP contribution in [0.15, 0.2) is 48.5 Å². The van der Waals surface area contributed by atoms with Crippen LogP contribution in [0, 0.1) is 0 Å². The molecular formula is C20H21F3N2OS. The van der Waals surface area contributed by atoms with Crippen molar-refractivity contribution in [1.29, 1.82) is 0 Å². The van der Waals surface area contributed by atoms with Crippen molar-refractivity contribution < 1.29 is 18.0 Å². The van der Waals surface area contributed by atoms with Crippen LogP contribution in [0.2, 0.25) is 0 Å². The highest BCUT2D eigenvalue weighted by Gasteiger charge is 2.33. The Kier molecular flexibility index (Phi) is 5.69. The van der Waals surface area contributed by atoms with Gasteiger partial charge in [0.1, 0.15) is 5.37 Å². The van der Waals surface area contributed by atoms with Gasteiger partial charge in [-0.3, -0.25) is 0 Å². The maximum atomic E-state index is 12.7. The molecule has 2 aromatic carbocycles. The smallest absolute Gasteiger partial charge is 0.308 e. The molecule has 1 atom stereocenters. The molecule has 0 aliphatic carbocycles. The van der Waals surface area contributed by atoms with Crippen molar-refractivity contribution in [1.82, 2.24) is 4.90 Å². The van der Waals surface area contributed by atoms with Crippen LogP contribution in [-0.4, -0.2) is 23.2 Å². The van der Waals surface area contributed by atoms with E-state index in [1.807, 2.05) is 24.3 Å². The number of amides is 2. The number of thioether (sulfide) groups is 1. The standard InChI is InChI=1S/C20H21F3N2OS/c1-13(2)14-5-9-17(10-6-14)24-19(26)25-11-12-27-18(25)15-3-7-16(8-4-15)20(21,22)23/h3-10,13,18H,11-12H2,1-2H3,(H,24,26). The van der Waals surface area contributed by atoms with Gasteiger partial charge in [-0.05, 0) is 41.3 Å². The Morgan fingerprint density at radius 2 is 1.74 bits per heavy atom. The first-order valence-electron chi connectivity index (χ1n) is 8.72. The number of nitrogens with zero attached hydrogens (tertiary/aromatic N) is 1. The predicted octanol–water partition coefficient (Wildman–Crippen LogP) is 6.11. The van der Waals surface area contributed by atoms with Crippen molar-refractivity contribution >= 4 is 23.5 Å². The molecule has 7 heteroatoms. The van der Waals surface area contributed by atoms with Crippen LogP contribution < -0.4 is 5.32 Å². The zero-order valence-electron chi connectivity index (χ0n) is 15.1. The molecule has 2 amide bonds. The van der Waals surface area contributed by atoms with E-state index >= 15 is 0 Å². The fourth-order valence-electron chi connectivity index (χ4n) is 2.94. The lowest BCUT2D eigenvalue weighted by Crippen LogP contribution is -2.34. The van der Waals surface area contributed by atoms with Gasteiger partial charge in [0.25, 0.3) is 0 Å². The van der Waals surface area contributed by atoms with Gasteiger partial charge in [-0.25, -0.2) is 4.79 Å². The summed E-state index contributed by atoms with van der Waals surface area (Å²) in [5, 5.41) is 2.59. The highest BCUT2D eigenvalue weighted by atomic mass is 32.2. The zero-order chi connectivity index (χ0) is 19.6. The molecule has 1 aliphatic heterocycles. The number of carbonyl (C=O) groups excluding carboxylic acids is 1. The highest BCUT2D eigenvalue weighted by Crippen LogP contribution is 2.39. The second kappa shape index (κ2) is 7.84. The van der Waals surface area contributed by atoms with Crippen LogP contribution in [0.25, 0.3) is 0 Å². The van der Waals surface area contributed by atoms with Gasteiger partial charge in [0.05, 0.1) is 5.56 Å². The quantitative estimate of drug-likeness (QED) is 0.681. The van der Waals surface area contributed by atoms with Crippen LogP contribution in [0.5, 0.6) is 0 Å². The molecule has 0 saturated carbocycles. The maximum absolute atomic E-state index is 12.7. The number of alkyl halides is 3.